The number of carbonyl (C=O) groups excluding carboxylic acids is 1. The van der Waals surface area contributed by atoms with Gasteiger partial charge in [0, 0.05) is 11.3 Å². The third kappa shape index (κ3) is 2.76. The van der Waals surface area contributed by atoms with Crippen LogP contribution in [0, 0.1) is 5.92 Å². The van der Waals surface area contributed by atoms with Gasteiger partial charge in [-0.25, -0.2) is 5.43 Å². The molecule has 0 aromatic heterocycles. The summed E-state index contributed by atoms with van der Waals surface area (Å²) < 4.78 is 10.5. The van der Waals surface area contributed by atoms with Gasteiger partial charge in [-0.15, -0.1) is 0 Å². The fourth-order valence-corrected chi connectivity index (χ4v) is 2.59. The van der Waals surface area contributed by atoms with Gasteiger partial charge in [0.1, 0.15) is 0 Å². The average Bonchev–Trinajstić information content (AvgIpc) is 2.92. The number of nitrogens with one attached hydrogen (secondary N) is 1. The lowest BCUT2D eigenvalue weighted by atomic mass is 9.89. The minimum Gasteiger partial charge on any atom is -0.454 e. The van der Waals surface area contributed by atoms with E-state index in [1.165, 1.54) is 6.42 Å². The van der Waals surface area contributed by atoms with Crippen molar-refractivity contribution in [3.05, 3.63) is 23.8 Å². The SMILES string of the molecule is CC1CCC/C(=N/NC(=O)c2ccc3c(c2)OCO3)C1. The summed E-state index contributed by atoms with van der Waals surface area (Å²) in [5, 5.41) is 4.25. The summed E-state index contributed by atoms with van der Waals surface area (Å²) >= 11 is 0. The Morgan fingerprint density at radius 3 is 3.05 bits per heavy atom. The summed E-state index contributed by atoms with van der Waals surface area (Å²) in [4.78, 5) is 12.1. The van der Waals surface area contributed by atoms with E-state index in [2.05, 4.69) is 17.5 Å². The van der Waals surface area contributed by atoms with Crippen LogP contribution in [0.25, 0.3) is 0 Å². The Bertz CT molecular complexity index is 554. The molecule has 5 nitrogen and oxygen atoms in total. The molecule has 1 aromatic rings. The van der Waals surface area contributed by atoms with Crippen molar-refractivity contribution in [3.63, 3.8) is 0 Å². The van der Waals surface area contributed by atoms with E-state index >= 15 is 0 Å². The van der Waals surface area contributed by atoms with E-state index < -0.39 is 0 Å². The highest BCUT2D eigenvalue weighted by Crippen LogP contribution is 2.32. The maximum atomic E-state index is 12.1. The molecule has 1 atom stereocenters. The normalized spacial score (nSPS) is 22.9. The van der Waals surface area contributed by atoms with Crippen LogP contribution in [-0.4, -0.2) is 18.4 Å². The van der Waals surface area contributed by atoms with Gasteiger partial charge in [-0.3, -0.25) is 4.79 Å². The van der Waals surface area contributed by atoms with Gasteiger partial charge in [-0.2, -0.15) is 5.10 Å². The van der Waals surface area contributed by atoms with Crippen molar-refractivity contribution < 1.29 is 14.3 Å². The molecule has 0 saturated heterocycles. The number of benzene rings is 1. The van der Waals surface area contributed by atoms with Crippen LogP contribution in [0.4, 0.5) is 0 Å². The summed E-state index contributed by atoms with van der Waals surface area (Å²) in [6.45, 7) is 2.43. The second-order valence-electron chi connectivity index (χ2n) is 5.39. The Hall–Kier alpha value is -2.04. The zero-order valence-corrected chi connectivity index (χ0v) is 11.5. The minimum atomic E-state index is -0.214. The van der Waals surface area contributed by atoms with Crippen molar-refractivity contribution in [3.8, 4) is 11.5 Å². The number of hydrogen-bond acceptors (Lipinski definition) is 4. The van der Waals surface area contributed by atoms with Crippen LogP contribution >= 0.6 is 0 Å². The van der Waals surface area contributed by atoms with Gasteiger partial charge < -0.3 is 9.47 Å². The van der Waals surface area contributed by atoms with Crippen LogP contribution in [0.5, 0.6) is 11.5 Å². The van der Waals surface area contributed by atoms with Crippen LogP contribution in [0.3, 0.4) is 0 Å². The first-order valence-electron chi connectivity index (χ1n) is 6.98. The summed E-state index contributed by atoms with van der Waals surface area (Å²) in [5.74, 6) is 1.73. The molecular weight excluding hydrogens is 256 g/mol. The number of ether oxygens (including phenoxy) is 2. The largest absolute Gasteiger partial charge is 0.454 e. The van der Waals surface area contributed by atoms with Crippen LogP contribution in [0.15, 0.2) is 23.3 Å². The van der Waals surface area contributed by atoms with Crippen LogP contribution in [0.2, 0.25) is 0 Å². The topological polar surface area (TPSA) is 59.9 Å². The average molecular weight is 274 g/mol. The van der Waals surface area contributed by atoms with Gasteiger partial charge in [0.05, 0.1) is 0 Å². The molecule has 1 heterocycles. The molecular formula is C15H18N2O3. The zero-order chi connectivity index (χ0) is 13.9. The van der Waals surface area contributed by atoms with Crippen molar-refractivity contribution >= 4 is 11.6 Å². The van der Waals surface area contributed by atoms with E-state index in [0.717, 1.165) is 25.0 Å². The number of carbonyl (C=O) groups is 1. The second kappa shape index (κ2) is 5.53. The smallest absolute Gasteiger partial charge is 0.271 e. The van der Waals surface area contributed by atoms with E-state index in [4.69, 9.17) is 9.47 Å². The number of hydrogen-bond donors (Lipinski definition) is 1. The molecule has 1 aliphatic carbocycles. The van der Waals surface area contributed by atoms with E-state index in [9.17, 15) is 4.79 Å². The highest BCUT2D eigenvalue weighted by molar-refractivity contribution is 5.96. The quantitative estimate of drug-likeness (QED) is 0.843. The molecule has 3 rings (SSSR count). The van der Waals surface area contributed by atoms with Gasteiger partial charge in [-0.05, 0) is 49.8 Å². The van der Waals surface area contributed by atoms with Crippen LogP contribution in [-0.2, 0) is 0 Å². The van der Waals surface area contributed by atoms with Gasteiger partial charge in [0.2, 0.25) is 6.79 Å². The second-order valence-corrected chi connectivity index (χ2v) is 5.39. The van der Waals surface area contributed by atoms with E-state index in [1.54, 1.807) is 18.2 Å². The zero-order valence-electron chi connectivity index (χ0n) is 11.5. The fourth-order valence-electron chi connectivity index (χ4n) is 2.59. The maximum absolute atomic E-state index is 12.1. The lowest BCUT2D eigenvalue weighted by Gasteiger charge is -2.18. The molecule has 0 radical (unpaired) electrons. The third-order valence-corrected chi connectivity index (χ3v) is 3.70. The Morgan fingerprint density at radius 1 is 1.35 bits per heavy atom. The lowest BCUT2D eigenvalue weighted by Crippen LogP contribution is -2.22. The number of rotatable bonds is 2. The Labute approximate surface area is 118 Å². The summed E-state index contributed by atoms with van der Waals surface area (Å²) in [6.07, 6.45) is 4.35. The molecule has 5 heteroatoms. The molecule has 1 saturated carbocycles. The van der Waals surface area contributed by atoms with Crippen molar-refractivity contribution in [1.82, 2.24) is 5.43 Å². The molecule has 1 aliphatic heterocycles. The molecule has 1 aromatic carbocycles. The molecule has 2 aliphatic rings. The monoisotopic (exact) mass is 274 g/mol. The van der Waals surface area contributed by atoms with Crippen molar-refractivity contribution in [1.29, 1.82) is 0 Å². The predicted octanol–water partition coefficient (Wildman–Crippen LogP) is 2.71. The summed E-state index contributed by atoms with van der Waals surface area (Å²) in [7, 11) is 0. The molecule has 1 fully saturated rings. The highest BCUT2D eigenvalue weighted by atomic mass is 16.7. The Balaban J connectivity index is 1.66. The van der Waals surface area contributed by atoms with Crippen molar-refractivity contribution in [2.75, 3.05) is 6.79 Å². The summed E-state index contributed by atoms with van der Waals surface area (Å²) in [6, 6.07) is 5.14. The third-order valence-electron chi connectivity index (χ3n) is 3.70. The standard InChI is InChI=1S/C15H18N2O3/c1-10-3-2-4-12(7-10)16-17-15(18)11-5-6-13-14(8-11)20-9-19-13/h5-6,8,10H,2-4,7,9H2,1H3,(H,17,18)/b16-12-. The van der Waals surface area contributed by atoms with Crippen molar-refractivity contribution in [2.24, 2.45) is 11.0 Å². The Morgan fingerprint density at radius 2 is 2.20 bits per heavy atom. The molecule has 106 valence electrons. The predicted molar refractivity (Wildman–Crippen MR) is 75.1 cm³/mol. The number of amides is 1. The minimum absolute atomic E-state index is 0.209. The maximum Gasteiger partial charge on any atom is 0.271 e. The molecule has 1 N–H and O–H groups in total. The number of fused-ring (bicyclic) bond motifs is 1. The van der Waals surface area contributed by atoms with E-state index in [-0.39, 0.29) is 12.7 Å². The van der Waals surface area contributed by atoms with E-state index in [0.29, 0.717) is 23.0 Å². The van der Waals surface area contributed by atoms with Gasteiger partial charge in [-0.1, -0.05) is 6.92 Å². The van der Waals surface area contributed by atoms with Gasteiger partial charge >= 0.3 is 0 Å². The molecule has 1 unspecified atom stereocenters. The molecule has 0 spiro atoms. The van der Waals surface area contributed by atoms with Gasteiger partial charge in [0.15, 0.2) is 11.5 Å². The molecule has 1 amide bonds. The molecule has 20 heavy (non-hydrogen) atoms. The highest BCUT2D eigenvalue weighted by Gasteiger charge is 2.17. The first-order valence-corrected chi connectivity index (χ1v) is 6.98. The number of nitrogens with zero attached hydrogens (tertiary/aromatic N) is 1. The van der Waals surface area contributed by atoms with Crippen LogP contribution < -0.4 is 14.9 Å². The first kappa shape index (κ1) is 13.0. The number of hydrazone groups is 1. The van der Waals surface area contributed by atoms with Crippen LogP contribution in [0.1, 0.15) is 43.0 Å². The van der Waals surface area contributed by atoms with E-state index in [1.807, 2.05) is 0 Å². The summed E-state index contributed by atoms with van der Waals surface area (Å²) in [5.41, 5.74) is 4.24. The Kier molecular flexibility index (Phi) is 3.58. The first-order chi connectivity index (χ1) is 9.72. The fraction of sp³-hybridized carbons (Fsp3) is 0.467. The molecule has 0 bridgehead atoms. The van der Waals surface area contributed by atoms with Crippen molar-refractivity contribution in [2.45, 2.75) is 32.6 Å². The lowest BCUT2D eigenvalue weighted by molar-refractivity contribution is 0.0954. The van der Waals surface area contributed by atoms with Gasteiger partial charge in [0.25, 0.3) is 5.91 Å².